The summed E-state index contributed by atoms with van der Waals surface area (Å²) < 4.78 is 6.27. The van der Waals surface area contributed by atoms with Gasteiger partial charge in [-0.25, -0.2) is 4.68 Å². The summed E-state index contributed by atoms with van der Waals surface area (Å²) in [5, 5.41) is 26.7. The third-order valence-electron chi connectivity index (χ3n) is 1.92. The average molecular weight is 215 g/mol. The van der Waals surface area contributed by atoms with E-state index in [2.05, 4.69) is 10.3 Å². The molecule has 2 N–H and O–H groups in total. The van der Waals surface area contributed by atoms with Crippen LogP contribution in [0, 0.1) is 0 Å². The van der Waals surface area contributed by atoms with E-state index >= 15 is 0 Å². The SMILES string of the molecule is COCC(O)Cn1cc(C(C)(C)O)nn1. The number of hydrogen-bond donors (Lipinski definition) is 2. The van der Waals surface area contributed by atoms with Crippen molar-refractivity contribution in [1.82, 2.24) is 15.0 Å². The molecule has 0 radical (unpaired) electrons. The number of methoxy groups -OCH3 is 1. The first-order chi connectivity index (χ1) is 6.93. The maximum absolute atomic E-state index is 9.64. The standard InChI is InChI=1S/C9H17N3O3/c1-9(2,14)8-5-12(11-10-8)4-7(13)6-15-3/h5,7,13-14H,4,6H2,1-3H3. The minimum atomic E-state index is -1.01. The Labute approximate surface area is 88.5 Å². The number of aliphatic hydroxyl groups excluding tert-OH is 1. The van der Waals surface area contributed by atoms with Crippen LogP contribution in [-0.4, -0.2) is 45.0 Å². The molecule has 0 saturated carbocycles. The molecule has 0 aliphatic carbocycles. The van der Waals surface area contributed by atoms with Crippen LogP contribution < -0.4 is 0 Å². The van der Waals surface area contributed by atoms with Crippen LogP contribution in [0.15, 0.2) is 6.20 Å². The van der Waals surface area contributed by atoms with Crippen LogP contribution in [0.25, 0.3) is 0 Å². The summed E-state index contributed by atoms with van der Waals surface area (Å²) in [5.74, 6) is 0. The Bertz CT molecular complexity index is 306. The van der Waals surface area contributed by atoms with Crippen molar-refractivity contribution in [2.45, 2.75) is 32.1 Å². The molecule has 1 aromatic rings. The lowest BCUT2D eigenvalue weighted by atomic mass is 10.1. The van der Waals surface area contributed by atoms with Crippen LogP contribution in [0.2, 0.25) is 0 Å². The third-order valence-corrected chi connectivity index (χ3v) is 1.92. The van der Waals surface area contributed by atoms with Gasteiger partial charge in [-0.3, -0.25) is 0 Å². The maximum atomic E-state index is 9.64. The largest absolute Gasteiger partial charge is 0.389 e. The molecule has 0 aliphatic rings. The lowest BCUT2D eigenvalue weighted by molar-refractivity contribution is 0.0508. The fourth-order valence-corrected chi connectivity index (χ4v) is 1.13. The fourth-order valence-electron chi connectivity index (χ4n) is 1.13. The van der Waals surface area contributed by atoms with Gasteiger partial charge in [-0.05, 0) is 13.8 Å². The van der Waals surface area contributed by atoms with Crippen molar-refractivity contribution in [2.24, 2.45) is 0 Å². The molecule has 1 rings (SSSR count). The Kier molecular flexibility index (Phi) is 3.78. The topological polar surface area (TPSA) is 80.4 Å². The highest BCUT2D eigenvalue weighted by atomic mass is 16.5. The Hall–Kier alpha value is -0.980. The highest BCUT2D eigenvalue weighted by Crippen LogP contribution is 2.15. The average Bonchev–Trinajstić information content (AvgIpc) is 2.52. The lowest BCUT2D eigenvalue weighted by Crippen LogP contribution is -2.21. The monoisotopic (exact) mass is 215 g/mol. The van der Waals surface area contributed by atoms with Crippen molar-refractivity contribution in [1.29, 1.82) is 0 Å². The molecule has 0 aromatic carbocycles. The maximum Gasteiger partial charge on any atom is 0.114 e. The van der Waals surface area contributed by atoms with Gasteiger partial charge >= 0.3 is 0 Å². The molecule has 6 heteroatoms. The molecule has 1 heterocycles. The fraction of sp³-hybridized carbons (Fsp3) is 0.778. The molecule has 1 unspecified atom stereocenters. The molecule has 15 heavy (non-hydrogen) atoms. The second kappa shape index (κ2) is 4.69. The summed E-state index contributed by atoms with van der Waals surface area (Å²) in [6.07, 6.45) is 0.991. The Morgan fingerprint density at radius 3 is 2.73 bits per heavy atom. The summed E-state index contributed by atoms with van der Waals surface area (Å²) in [7, 11) is 1.52. The van der Waals surface area contributed by atoms with Crippen molar-refractivity contribution in [2.75, 3.05) is 13.7 Å². The van der Waals surface area contributed by atoms with Crippen LogP contribution >= 0.6 is 0 Å². The second-order valence-electron chi connectivity index (χ2n) is 3.99. The highest BCUT2D eigenvalue weighted by Gasteiger charge is 2.20. The van der Waals surface area contributed by atoms with E-state index in [1.54, 1.807) is 20.0 Å². The summed E-state index contributed by atoms with van der Waals surface area (Å²) in [6.45, 7) is 3.81. The number of aromatic nitrogens is 3. The van der Waals surface area contributed by atoms with Crippen molar-refractivity contribution in [3.63, 3.8) is 0 Å². The van der Waals surface area contributed by atoms with E-state index < -0.39 is 11.7 Å². The molecule has 86 valence electrons. The smallest absolute Gasteiger partial charge is 0.114 e. The molecule has 0 aliphatic heterocycles. The first kappa shape index (κ1) is 12.1. The van der Waals surface area contributed by atoms with Gasteiger partial charge in [0, 0.05) is 7.11 Å². The highest BCUT2D eigenvalue weighted by molar-refractivity contribution is 5.02. The normalized spacial score (nSPS) is 14.2. The zero-order valence-corrected chi connectivity index (χ0v) is 9.21. The van der Waals surface area contributed by atoms with E-state index in [-0.39, 0.29) is 6.61 Å². The first-order valence-electron chi connectivity index (χ1n) is 4.73. The lowest BCUT2D eigenvalue weighted by Gasteiger charge is -2.12. The van der Waals surface area contributed by atoms with E-state index in [0.717, 1.165) is 0 Å². The van der Waals surface area contributed by atoms with Gasteiger partial charge in [-0.1, -0.05) is 5.21 Å². The number of rotatable bonds is 5. The molecule has 1 atom stereocenters. The van der Waals surface area contributed by atoms with E-state index in [4.69, 9.17) is 4.74 Å². The molecular weight excluding hydrogens is 198 g/mol. The van der Waals surface area contributed by atoms with Crippen molar-refractivity contribution in [3.05, 3.63) is 11.9 Å². The predicted octanol–water partition coefficient (Wildman–Crippen LogP) is -0.487. The van der Waals surface area contributed by atoms with Gasteiger partial charge in [0.15, 0.2) is 0 Å². The van der Waals surface area contributed by atoms with E-state index in [1.807, 2.05) is 0 Å². The number of aliphatic hydroxyl groups is 2. The molecule has 0 spiro atoms. The van der Waals surface area contributed by atoms with Gasteiger partial charge in [0.05, 0.1) is 25.5 Å². The summed E-state index contributed by atoms with van der Waals surface area (Å²) in [4.78, 5) is 0. The first-order valence-corrected chi connectivity index (χ1v) is 4.73. The van der Waals surface area contributed by atoms with E-state index in [0.29, 0.717) is 12.2 Å². The van der Waals surface area contributed by atoms with Gasteiger partial charge in [0.1, 0.15) is 11.3 Å². The van der Waals surface area contributed by atoms with Crippen LogP contribution in [0.3, 0.4) is 0 Å². The van der Waals surface area contributed by atoms with Crippen LogP contribution in [-0.2, 0) is 16.9 Å². The number of ether oxygens (including phenoxy) is 1. The Morgan fingerprint density at radius 2 is 2.27 bits per heavy atom. The van der Waals surface area contributed by atoms with Gasteiger partial charge in [-0.2, -0.15) is 0 Å². The van der Waals surface area contributed by atoms with Crippen molar-refractivity contribution >= 4 is 0 Å². The summed E-state index contributed by atoms with van der Waals surface area (Å²) in [5.41, 5.74) is -0.531. The quantitative estimate of drug-likeness (QED) is 0.693. The van der Waals surface area contributed by atoms with Gasteiger partial charge in [-0.15, -0.1) is 5.10 Å². The van der Waals surface area contributed by atoms with E-state index in [9.17, 15) is 10.2 Å². The predicted molar refractivity (Wildman–Crippen MR) is 53.1 cm³/mol. The number of hydrogen-bond acceptors (Lipinski definition) is 5. The van der Waals surface area contributed by atoms with Gasteiger partial charge in [0.2, 0.25) is 0 Å². The van der Waals surface area contributed by atoms with E-state index in [1.165, 1.54) is 11.8 Å². The second-order valence-corrected chi connectivity index (χ2v) is 3.99. The molecule has 1 aromatic heterocycles. The van der Waals surface area contributed by atoms with Crippen LogP contribution in [0.5, 0.6) is 0 Å². The van der Waals surface area contributed by atoms with Gasteiger partial charge < -0.3 is 14.9 Å². The Balaban J connectivity index is 2.61. The zero-order chi connectivity index (χ0) is 11.5. The minimum Gasteiger partial charge on any atom is -0.389 e. The zero-order valence-electron chi connectivity index (χ0n) is 9.21. The summed E-state index contributed by atoms with van der Waals surface area (Å²) >= 11 is 0. The number of nitrogens with zero attached hydrogens (tertiary/aromatic N) is 3. The van der Waals surface area contributed by atoms with Gasteiger partial charge in [0.25, 0.3) is 0 Å². The molecule has 0 saturated heterocycles. The third kappa shape index (κ3) is 3.58. The van der Waals surface area contributed by atoms with Crippen LogP contribution in [0.1, 0.15) is 19.5 Å². The molecular formula is C9H17N3O3. The Morgan fingerprint density at radius 1 is 1.60 bits per heavy atom. The molecule has 0 fully saturated rings. The summed E-state index contributed by atoms with van der Waals surface area (Å²) in [6, 6.07) is 0. The van der Waals surface area contributed by atoms with Crippen molar-refractivity contribution in [3.8, 4) is 0 Å². The minimum absolute atomic E-state index is 0.248. The molecule has 0 bridgehead atoms. The molecule has 6 nitrogen and oxygen atoms in total. The molecule has 0 amide bonds. The van der Waals surface area contributed by atoms with Crippen molar-refractivity contribution < 1.29 is 14.9 Å². The van der Waals surface area contributed by atoms with Crippen LogP contribution in [0.4, 0.5) is 0 Å².